The van der Waals surface area contributed by atoms with Crippen molar-refractivity contribution in [2.75, 3.05) is 0 Å². The Morgan fingerprint density at radius 1 is 1.46 bits per heavy atom. The lowest BCUT2D eigenvalue weighted by molar-refractivity contribution is -0.152. The molecule has 2 rings (SSSR count). The number of hydrogen-bond acceptors (Lipinski definition) is 4. The smallest absolute Gasteiger partial charge is 0.334 e. The number of carbonyl (C=O) groups is 2. The first-order valence-electron chi connectivity index (χ1n) is 8.77. The summed E-state index contributed by atoms with van der Waals surface area (Å²) in [5, 5.41) is 0. The summed E-state index contributed by atoms with van der Waals surface area (Å²) in [7, 11) is 0. The van der Waals surface area contributed by atoms with Gasteiger partial charge in [-0.2, -0.15) is 0 Å². The van der Waals surface area contributed by atoms with E-state index in [-0.39, 0.29) is 36.0 Å². The van der Waals surface area contributed by atoms with Gasteiger partial charge in [-0.05, 0) is 51.2 Å². The summed E-state index contributed by atoms with van der Waals surface area (Å²) in [4.78, 5) is 24.2. The zero-order valence-electron chi connectivity index (χ0n) is 15.1. The van der Waals surface area contributed by atoms with Gasteiger partial charge in [0.05, 0.1) is 5.92 Å². The molecule has 4 heteroatoms. The van der Waals surface area contributed by atoms with Crippen LogP contribution in [0, 0.1) is 11.8 Å². The van der Waals surface area contributed by atoms with Crippen LogP contribution < -0.4 is 0 Å². The number of ether oxygens (including phenoxy) is 2. The van der Waals surface area contributed by atoms with Crippen LogP contribution >= 0.6 is 0 Å². The fraction of sp³-hybridized carbons (Fsp3) is 0.600. The first-order valence-corrected chi connectivity index (χ1v) is 8.77. The lowest BCUT2D eigenvalue weighted by Gasteiger charge is -2.26. The summed E-state index contributed by atoms with van der Waals surface area (Å²) in [5.41, 5.74) is 2.71. The van der Waals surface area contributed by atoms with E-state index in [9.17, 15) is 9.59 Å². The molecule has 4 unspecified atom stereocenters. The van der Waals surface area contributed by atoms with E-state index in [4.69, 9.17) is 9.47 Å². The van der Waals surface area contributed by atoms with Gasteiger partial charge < -0.3 is 9.47 Å². The molecule has 0 aromatic carbocycles. The fourth-order valence-electron chi connectivity index (χ4n) is 3.06. The minimum absolute atomic E-state index is 0.129. The molecule has 1 heterocycles. The maximum absolute atomic E-state index is 12.2. The SMILES string of the molecule is C=C1C(=O)OC2/C=C(\C)CC/C=C(\C)C(OC(=O)C(C)CC)CC12. The van der Waals surface area contributed by atoms with Crippen LogP contribution in [0.3, 0.4) is 0 Å². The molecule has 132 valence electrons. The number of esters is 2. The molecule has 0 aromatic rings. The standard InChI is InChI=1S/C20H28O4/c1-6-13(3)19(21)23-17-11-16-15(5)20(22)24-18(16)10-12(2)8-7-9-14(17)4/h9-10,13,16-18H,5-8,11H2,1-4H3/b12-10+,14-9+. The molecular weight excluding hydrogens is 304 g/mol. The zero-order valence-corrected chi connectivity index (χ0v) is 15.1. The van der Waals surface area contributed by atoms with Crippen molar-refractivity contribution in [1.82, 2.24) is 0 Å². The highest BCUT2D eigenvalue weighted by molar-refractivity contribution is 5.91. The van der Waals surface area contributed by atoms with Gasteiger partial charge in [0.15, 0.2) is 0 Å². The molecule has 0 N–H and O–H groups in total. The third-order valence-corrected chi connectivity index (χ3v) is 5.05. The van der Waals surface area contributed by atoms with Crippen LogP contribution in [0.15, 0.2) is 35.5 Å². The summed E-state index contributed by atoms with van der Waals surface area (Å²) in [6.07, 6.45) is 6.57. The van der Waals surface area contributed by atoms with E-state index in [1.54, 1.807) is 0 Å². The van der Waals surface area contributed by atoms with Crippen molar-refractivity contribution in [3.8, 4) is 0 Å². The second-order valence-electron chi connectivity index (χ2n) is 6.97. The number of hydrogen-bond donors (Lipinski definition) is 0. The maximum atomic E-state index is 12.2. The summed E-state index contributed by atoms with van der Waals surface area (Å²) in [6.45, 7) is 11.8. The summed E-state index contributed by atoms with van der Waals surface area (Å²) >= 11 is 0. The van der Waals surface area contributed by atoms with E-state index in [1.165, 1.54) is 5.57 Å². The van der Waals surface area contributed by atoms with Crippen LogP contribution in [-0.4, -0.2) is 24.1 Å². The highest BCUT2D eigenvalue weighted by Crippen LogP contribution is 2.35. The third kappa shape index (κ3) is 4.16. The molecule has 1 fully saturated rings. The normalized spacial score (nSPS) is 33.4. The Hall–Kier alpha value is -1.84. The molecule has 2 aliphatic rings. The predicted octanol–water partition coefficient (Wildman–Crippen LogP) is 4.12. The lowest BCUT2D eigenvalue weighted by Crippen LogP contribution is -2.29. The molecule has 0 aromatic heterocycles. The molecule has 0 spiro atoms. The quantitative estimate of drug-likeness (QED) is 0.443. The number of fused-ring (bicyclic) bond motifs is 1. The first kappa shape index (κ1) is 18.5. The Kier molecular flexibility index (Phi) is 6.03. The molecule has 1 saturated heterocycles. The van der Waals surface area contributed by atoms with Crippen molar-refractivity contribution in [2.24, 2.45) is 11.8 Å². The molecular formula is C20H28O4. The second kappa shape index (κ2) is 7.82. The van der Waals surface area contributed by atoms with Crippen molar-refractivity contribution >= 4 is 11.9 Å². The van der Waals surface area contributed by atoms with E-state index >= 15 is 0 Å². The summed E-state index contributed by atoms with van der Waals surface area (Å²) in [5.74, 6) is -0.812. The largest absolute Gasteiger partial charge is 0.458 e. The van der Waals surface area contributed by atoms with Crippen LogP contribution in [0.1, 0.15) is 53.4 Å². The van der Waals surface area contributed by atoms with Gasteiger partial charge in [0.1, 0.15) is 12.2 Å². The van der Waals surface area contributed by atoms with Crippen LogP contribution in [0.5, 0.6) is 0 Å². The summed E-state index contributed by atoms with van der Waals surface area (Å²) in [6, 6.07) is 0. The van der Waals surface area contributed by atoms with Crippen molar-refractivity contribution in [1.29, 1.82) is 0 Å². The minimum atomic E-state index is -0.345. The highest BCUT2D eigenvalue weighted by Gasteiger charge is 2.40. The molecule has 4 atom stereocenters. The predicted molar refractivity (Wildman–Crippen MR) is 93.2 cm³/mol. The zero-order chi connectivity index (χ0) is 17.9. The minimum Gasteiger partial charge on any atom is -0.458 e. The van der Waals surface area contributed by atoms with E-state index in [1.807, 2.05) is 26.8 Å². The number of rotatable bonds is 3. The van der Waals surface area contributed by atoms with Crippen LogP contribution in [0.4, 0.5) is 0 Å². The molecule has 4 nitrogen and oxygen atoms in total. The Bertz CT molecular complexity index is 584. The Labute approximate surface area is 144 Å². The molecule has 0 bridgehead atoms. The molecule has 24 heavy (non-hydrogen) atoms. The van der Waals surface area contributed by atoms with Gasteiger partial charge in [0.2, 0.25) is 0 Å². The molecule has 1 aliphatic heterocycles. The number of carbonyl (C=O) groups excluding carboxylic acids is 2. The Morgan fingerprint density at radius 2 is 2.17 bits per heavy atom. The van der Waals surface area contributed by atoms with E-state index in [0.29, 0.717) is 12.0 Å². The molecule has 0 radical (unpaired) electrons. The van der Waals surface area contributed by atoms with Gasteiger partial charge in [-0.15, -0.1) is 0 Å². The summed E-state index contributed by atoms with van der Waals surface area (Å²) < 4.78 is 11.2. The monoisotopic (exact) mass is 332 g/mol. The lowest BCUT2D eigenvalue weighted by atomic mass is 9.86. The van der Waals surface area contributed by atoms with Crippen LogP contribution in [-0.2, 0) is 19.1 Å². The van der Waals surface area contributed by atoms with Crippen LogP contribution in [0.25, 0.3) is 0 Å². The van der Waals surface area contributed by atoms with Gasteiger partial charge in [-0.25, -0.2) is 4.79 Å². The van der Waals surface area contributed by atoms with Gasteiger partial charge in [-0.3, -0.25) is 4.79 Å². The maximum Gasteiger partial charge on any atom is 0.334 e. The molecule has 1 aliphatic carbocycles. The second-order valence-corrected chi connectivity index (χ2v) is 6.97. The van der Waals surface area contributed by atoms with E-state index < -0.39 is 0 Å². The van der Waals surface area contributed by atoms with Crippen molar-refractivity contribution in [3.63, 3.8) is 0 Å². The average Bonchev–Trinajstić information content (AvgIpc) is 2.79. The van der Waals surface area contributed by atoms with Gasteiger partial charge in [0.25, 0.3) is 0 Å². The van der Waals surface area contributed by atoms with Crippen molar-refractivity contribution in [2.45, 2.75) is 65.6 Å². The van der Waals surface area contributed by atoms with Crippen molar-refractivity contribution in [3.05, 3.63) is 35.5 Å². The highest BCUT2D eigenvalue weighted by atomic mass is 16.6. The average molecular weight is 332 g/mol. The van der Waals surface area contributed by atoms with E-state index in [2.05, 4.69) is 19.6 Å². The van der Waals surface area contributed by atoms with Gasteiger partial charge >= 0.3 is 11.9 Å². The molecule has 0 amide bonds. The number of allylic oxidation sites excluding steroid dienone is 2. The van der Waals surface area contributed by atoms with Gasteiger partial charge in [0, 0.05) is 11.5 Å². The Balaban J connectivity index is 2.26. The first-order chi connectivity index (χ1) is 11.3. The topological polar surface area (TPSA) is 52.6 Å². The van der Waals surface area contributed by atoms with Gasteiger partial charge in [-0.1, -0.05) is 32.1 Å². The molecule has 0 saturated carbocycles. The third-order valence-electron chi connectivity index (χ3n) is 5.05. The van der Waals surface area contributed by atoms with Crippen molar-refractivity contribution < 1.29 is 19.1 Å². The fourth-order valence-corrected chi connectivity index (χ4v) is 3.06. The van der Waals surface area contributed by atoms with E-state index in [0.717, 1.165) is 24.8 Å². The Morgan fingerprint density at radius 3 is 2.83 bits per heavy atom. The van der Waals surface area contributed by atoms with Crippen LogP contribution in [0.2, 0.25) is 0 Å².